The molecular weight excluding hydrogens is 458 g/mol. The number of para-hydroxylation sites is 1. The van der Waals surface area contributed by atoms with Crippen molar-refractivity contribution in [3.8, 4) is 11.3 Å². The van der Waals surface area contributed by atoms with E-state index in [1.54, 1.807) is 0 Å². The lowest BCUT2D eigenvalue weighted by Gasteiger charge is -2.29. The highest BCUT2D eigenvalue weighted by Crippen LogP contribution is 2.28. The molecule has 1 saturated heterocycles. The molecule has 1 aliphatic heterocycles. The topological polar surface area (TPSA) is 70.2 Å². The summed E-state index contributed by atoms with van der Waals surface area (Å²) in [4.78, 5) is 24.0. The number of carbonyl (C=O) groups is 1. The third-order valence-corrected chi connectivity index (χ3v) is 6.42. The number of hydrogen-bond donors (Lipinski definition) is 2. The molecule has 0 saturated carbocycles. The number of carbonyl (C=O) groups excluding carboxylic acids is 1. The first kappa shape index (κ1) is 24.3. The van der Waals surface area contributed by atoms with Gasteiger partial charge in [-0.15, -0.1) is 0 Å². The Morgan fingerprint density at radius 3 is 2.43 bits per heavy atom. The molecule has 0 spiro atoms. The van der Waals surface area contributed by atoms with Crippen molar-refractivity contribution in [2.45, 2.75) is 25.7 Å². The van der Waals surface area contributed by atoms with E-state index in [0.717, 1.165) is 41.3 Å². The van der Waals surface area contributed by atoms with Crippen molar-refractivity contribution in [1.29, 1.82) is 0 Å². The minimum absolute atomic E-state index is 0.0118. The fourth-order valence-electron chi connectivity index (χ4n) is 4.56. The molecule has 5 rings (SSSR count). The molecule has 1 aromatic heterocycles. The molecule has 186 valence electrons. The maximum atomic E-state index is 11.9. The van der Waals surface area contributed by atoms with Gasteiger partial charge < -0.3 is 15.5 Å². The Morgan fingerprint density at radius 1 is 0.838 bits per heavy atom. The van der Waals surface area contributed by atoms with Gasteiger partial charge in [0, 0.05) is 48.2 Å². The third-order valence-electron chi connectivity index (χ3n) is 6.42. The molecule has 1 fully saturated rings. The maximum absolute atomic E-state index is 11.9. The van der Waals surface area contributed by atoms with E-state index in [4.69, 9.17) is 9.97 Å². The normalized spacial score (nSPS) is 13.1. The van der Waals surface area contributed by atoms with Gasteiger partial charge in [0.2, 0.25) is 5.95 Å². The van der Waals surface area contributed by atoms with Crippen LogP contribution in [0.1, 0.15) is 24.8 Å². The summed E-state index contributed by atoms with van der Waals surface area (Å²) in [5, 5.41) is 6.81. The molecule has 0 aliphatic carbocycles. The number of allylic oxidation sites excluding steroid dienone is 1. The van der Waals surface area contributed by atoms with Crippen LogP contribution in [0.5, 0.6) is 0 Å². The molecule has 4 aromatic rings. The summed E-state index contributed by atoms with van der Waals surface area (Å²) in [6, 6.07) is 28.2. The Labute approximate surface area is 218 Å². The van der Waals surface area contributed by atoms with Gasteiger partial charge >= 0.3 is 0 Å². The third kappa shape index (κ3) is 6.41. The van der Waals surface area contributed by atoms with Crippen molar-refractivity contribution < 1.29 is 4.79 Å². The summed E-state index contributed by atoms with van der Waals surface area (Å²) in [6.45, 7) is 5.76. The van der Waals surface area contributed by atoms with E-state index in [0.29, 0.717) is 18.2 Å². The molecule has 0 amide bonds. The summed E-state index contributed by atoms with van der Waals surface area (Å²) in [5.41, 5.74) is 5.69. The largest absolute Gasteiger partial charge is 0.371 e. The highest BCUT2D eigenvalue weighted by atomic mass is 16.1. The number of nitrogens with one attached hydrogen (secondary N) is 2. The minimum atomic E-state index is -0.0118. The van der Waals surface area contributed by atoms with E-state index >= 15 is 0 Å². The number of ketones is 1. The van der Waals surface area contributed by atoms with Crippen LogP contribution >= 0.6 is 0 Å². The number of hydrogen-bond acceptors (Lipinski definition) is 6. The van der Waals surface area contributed by atoms with E-state index in [-0.39, 0.29) is 5.78 Å². The number of nitrogens with zero attached hydrogens (tertiary/aromatic N) is 3. The lowest BCUT2D eigenvalue weighted by molar-refractivity contribution is -0.114. The lowest BCUT2D eigenvalue weighted by atomic mass is 10.0. The van der Waals surface area contributed by atoms with Gasteiger partial charge in [-0.25, -0.2) is 4.98 Å². The number of aromatic nitrogens is 2. The molecule has 2 heterocycles. The van der Waals surface area contributed by atoms with Gasteiger partial charge in [-0.1, -0.05) is 49.0 Å². The standard InChI is InChI=1S/C31H31N5O/c1-2-28(37)20-23-11-9-12-24(19-23)29-22-30(32-25-13-5-3-6-14-25)35-31(34-29)33-26-15-10-16-27(21-26)36-17-7-4-8-18-36/h2-3,5-6,9-16,19,21-22H,1,4,7-8,17-18,20H2,(H2,32,33,34,35). The smallest absolute Gasteiger partial charge is 0.229 e. The summed E-state index contributed by atoms with van der Waals surface area (Å²) in [7, 11) is 0. The van der Waals surface area contributed by atoms with Crippen LogP contribution in [-0.4, -0.2) is 28.8 Å². The molecular formula is C31H31N5O. The van der Waals surface area contributed by atoms with Crippen molar-refractivity contribution >= 4 is 34.6 Å². The predicted octanol–water partition coefficient (Wildman–Crippen LogP) is 6.92. The SMILES string of the molecule is C=CC(=O)Cc1cccc(-c2cc(Nc3ccccc3)nc(Nc3cccc(N4CCCCC4)c3)n2)c1. The predicted molar refractivity (Wildman–Crippen MR) is 152 cm³/mol. The fourth-order valence-corrected chi connectivity index (χ4v) is 4.56. The van der Waals surface area contributed by atoms with E-state index in [1.807, 2.05) is 66.7 Å². The summed E-state index contributed by atoms with van der Waals surface area (Å²) < 4.78 is 0. The molecule has 0 atom stereocenters. The zero-order valence-electron chi connectivity index (χ0n) is 20.9. The number of benzene rings is 3. The zero-order chi connectivity index (χ0) is 25.5. The van der Waals surface area contributed by atoms with Gasteiger partial charge in [0.15, 0.2) is 5.78 Å². The molecule has 1 aliphatic rings. The van der Waals surface area contributed by atoms with Gasteiger partial charge in [-0.2, -0.15) is 4.98 Å². The van der Waals surface area contributed by atoms with Crippen molar-refractivity contribution in [2.75, 3.05) is 28.6 Å². The van der Waals surface area contributed by atoms with Crippen molar-refractivity contribution in [1.82, 2.24) is 9.97 Å². The monoisotopic (exact) mass is 489 g/mol. The van der Waals surface area contributed by atoms with Crippen LogP contribution < -0.4 is 15.5 Å². The molecule has 6 heteroatoms. The maximum Gasteiger partial charge on any atom is 0.229 e. The van der Waals surface area contributed by atoms with Crippen LogP contribution in [-0.2, 0) is 11.2 Å². The van der Waals surface area contributed by atoms with Gasteiger partial charge in [-0.3, -0.25) is 4.79 Å². The van der Waals surface area contributed by atoms with Gasteiger partial charge in [0.1, 0.15) is 5.82 Å². The number of piperidine rings is 1. The molecule has 3 aromatic carbocycles. The Morgan fingerprint density at radius 2 is 1.62 bits per heavy atom. The Bertz CT molecular complexity index is 1380. The van der Waals surface area contributed by atoms with Crippen LogP contribution in [0.2, 0.25) is 0 Å². The summed E-state index contributed by atoms with van der Waals surface area (Å²) >= 11 is 0. The van der Waals surface area contributed by atoms with Crippen LogP contribution in [0.4, 0.5) is 28.8 Å². The first-order chi connectivity index (χ1) is 18.2. The van der Waals surface area contributed by atoms with Gasteiger partial charge in [0.05, 0.1) is 5.69 Å². The Kier molecular flexibility index (Phi) is 7.55. The first-order valence-corrected chi connectivity index (χ1v) is 12.7. The highest BCUT2D eigenvalue weighted by Gasteiger charge is 2.13. The van der Waals surface area contributed by atoms with E-state index < -0.39 is 0 Å². The summed E-state index contributed by atoms with van der Waals surface area (Å²) in [5.74, 6) is 1.17. The molecule has 37 heavy (non-hydrogen) atoms. The van der Waals surface area contributed by atoms with Crippen molar-refractivity contribution in [3.63, 3.8) is 0 Å². The molecule has 2 N–H and O–H groups in total. The average Bonchev–Trinajstić information content (AvgIpc) is 2.94. The lowest BCUT2D eigenvalue weighted by Crippen LogP contribution is -2.29. The number of rotatable bonds is 9. The Hall–Kier alpha value is -4.45. The molecule has 0 unspecified atom stereocenters. The second kappa shape index (κ2) is 11.5. The number of anilines is 5. The van der Waals surface area contributed by atoms with Crippen LogP contribution in [0.25, 0.3) is 11.3 Å². The van der Waals surface area contributed by atoms with E-state index in [2.05, 4.69) is 40.3 Å². The minimum Gasteiger partial charge on any atom is -0.371 e. The second-order valence-electron chi connectivity index (χ2n) is 9.22. The Balaban J connectivity index is 1.47. The van der Waals surface area contributed by atoms with E-state index in [1.165, 1.54) is 31.0 Å². The average molecular weight is 490 g/mol. The molecule has 6 nitrogen and oxygen atoms in total. The first-order valence-electron chi connectivity index (χ1n) is 12.7. The van der Waals surface area contributed by atoms with Crippen LogP contribution in [0.3, 0.4) is 0 Å². The van der Waals surface area contributed by atoms with E-state index in [9.17, 15) is 4.79 Å². The van der Waals surface area contributed by atoms with Gasteiger partial charge in [-0.05, 0) is 67.3 Å². The van der Waals surface area contributed by atoms with Gasteiger partial charge in [0.25, 0.3) is 0 Å². The second-order valence-corrected chi connectivity index (χ2v) is 9.22. The van der Waals surface area contributed by atoms with Crippen molar-refractivity contribution in [3.05, 3.63) is 103 Å². The fraction of sp³-hybridized carbons (Fsp3) is 0.194. The highest BCUT2D eigenvalue weighted by molar-refractivity contribution is 5.91. The van der Waals surface area contributed by atoms with Crippen LogP contribution in [0.15, 0.2) is 97.6 Å². The quantitative estimate of drug-likeness (QED) is 0.249. The van der Waals surface area contributed by atoms with Crippen LogP contribution in [0, 0.1) is 0 Å². The molecule has 0 radical (unpaired) electrons. The van der Waals surface area contributed by atoms with Crippen molar-refractivity contribution in [2.24, 2.45) is 0 Å². The summed E-state index contributed by atoms with van der Waals surface area (Å²) in [6.07, 6.45) is 5.43. The molecule has 0 bridgehead atoms. The zero-order valence-corrected chi connectivity index (χ0v) is 20.9.